The van der Waals surface area contributed by atoms with Crippen LogP contribution in [0.4, 0.5) is 10.5 Å². The van der Waals surface area contributed by atoms with Crippen molar-refractivity contribution in [1.82, 2.24) is 5.48 Å². The number of amides is 2. The van der Waals surface area contributed by atoms with E-state index in [1.54, 1.807) is 54.7 Å². The second kappa shape index (κ2) is 5.93. The molecule has 0 spiro atoms. The van der Waals surface area contributed by atoms with Crippen LogP contribution in [0.15, 0.2) is 48.5 Å². The summed E-state index contributed by atoms with van der Waals surface area (Å²) in [7, 11) is 0. The first kappa shape index (κ1) is 13.6. The maximum Gasteiger partial charge on any atom is 0.368 e. The zero-order valence-corrected chi connectivity index (χ0v) is 11.4. The Morgan fingerprint density at radius 2 is 1.95 bits per heavy atom. The summed E-state index contributed by atoms with van der Waals surface area (Å²) >= 11 is 0. The molecule has 1 heterocycles. The van der Waals surface area contributed by atoms with E-state index in [9.17, 15) is 4.79 Å². The Bertz CT molecular complexity index is 727. The van der Waals surface area contributed by atoms with Gasteiger partial charge < -0.3 is 14.3 Å². The molecule has 7 heteroatoms. The molecule has 2 aromatic rings. The molecule has 1 aliphatic rings. The summed E-state index contributed by atoms with van der Waals surface area (Å²) in [4.78, 5) is 18.0. The van der Waals surface area contributed by atoms with E-state index in [1.807, 2.05) is 0 Å². The number of urea groups is 1. The number of benzene rings is 2. The molecule has 0 fully saturated rings. The number of fused-ring (bicyclic) bond motifs is 1. The van der Waals surface area contributed by atoms with Gasteiger partial charge in [-0.1, -0.05) is 18.2 Å². The van der Waals surface area contributed by atoms with Crippen molar-refractivity contribution in [3.05, 3.63) is 48.5 Å². The maximum absolute atomic E-state index is 12.0. The van der Waals surface area contributed by atoms with Crippen LogP contribution in [0, 0.1) is 11.5 Å². The van der Waals surface area contributed by atoms with Crippen molar-refractivity contribution in [2.75, 3.05) is 11.7 Å². The van der Waals surface area contributed by atoms with E-state index < -0.39 is 6.03 Å². The predicted octanol–water partition coefficient (Wildman–Crippen LogP) is 2.41. The summed E-state index contributed by atoms with van der Waals surface area (Å²) in [6, 6.07) is 12.7. The summed E-state index contributed by atoms with van der Waals surface area (Å²) < 4.78 is 10.4. The van der Waals surface area contributed by atoms with E-state index in [0.717, 1.165) is 4.90 Å². The predicted molar refractivity (Wildman–Crippen MR) is 76.3 cm³/mol. The Hall–Kier alpha value is -3.40. The lowest BCUT2D eigenvalue weighted by Crippen LogP contribution is -2.38. The third-order valence-corrected chi connectivity index (χ3v) is 2.92. The monoisotopic (exact) mass is 297 g/mol. The van der Waals surface area contributed by atoms with Gasteiger partial charge in [-0.3, -0.25) is 0 Å². The van der Waals surface area contributed by atoms with Crippen LogP contribution in [0.2, 0.25) is 0 Å². The highest BCUT2D eigenvalue weighted by molar-refractivity contribution is 5.94. The molecule has 0 unspecified atom stereocenters. The lowest BCUT2D eigenvalue weighted by atomic mass is 10.3. The second-order valence-corrected chi connectivity index (χ2v) is 4.30. The molecular formula is C15H11N3O4. The zero-order chi connectivity index (χ0) is 15.4. The van der Waals surface area contributed by atoms with Crippen molar-refractivity contribution in [2.45, 2.75) is 0 Å². The fourth-order valence-electron chi connectivity index (χ4n) is 1.89. The highest BCUT2D eigenvalue weighted by Gasteiger charge is 2.17. The first-order chi connectivity index (χ1) is 10.8. The van der Waals surface area contributed by atoms with Gasteiger partial charge in [0.1, 0.15) is 0 Å². The number of para-hydroxylation sites is 1. The van der Waals surface area contributed by atoms with Crippen molar-refractivity contribution in [3.8, 4) is 23.4 Å². The molecule has 0 saturated heterocycles. The fourth-order valence-corrected chi connectivity index (χ4v) is 1.89. The molecule has 0 saturated carbocycles. The Morgan fingerprint density at radius 3 is 2.73 bits per heavy atom. The zero-order valence-electron chi connectivity index (χ0n) is 11.4. The number of hydrogen-bond donors (Lipinski definition) is 1. The number of hydroxylamine groups is 1. The van der Waals surface area contributed by atoms with Gasteiger partial charge in [0.15, 0.2) is 23.4 Å². The normalized spacial score (nSPS) is 11.4. The lowest BCUT2D eigenvalue weighted by molar-refractivity contribution is 0.172. The van der Waals surface area contributed by atoms with Gasteiger partial charge in [-0.25, -0.2) is 4.79 Å². The van der Waals surface area contributed by atoms with Crippen LogP contribution in [-0.2, 0) is 0 Å². The number of nitrogens with zero attached hydrogens (tertiary/aromatic N) is 2. The van der Waals surface area contributed by atoms with E-state index in [1.165, 1.54) is 0 Å². The molecule has 0 aliphatic carbocycles. The molecular weight excluding hydrogens is 286 g/mol. The minimum atomic E-state index is -0.702. The summed E-state index contributed by atoms with van der Waals surface area (Å²) in [5.74, 6) is 1.51. The van der Waals surface area contributed by atoms with Crippen LogP contribution >= 0.6 is 0 Å². The van der Waals surface area contributed by atoms with Crippen LogP contribution in [-0.4, -0.2) is 12.8 Å². The van der Waals surface area contributed by atoms with Gasteiger partial charge in [-0.15, -0.1) is 0 Å². The number of anilines is 1. The summed E-state index contributed by atoms with van der Waals surface area (Å²) in [6.07, 6.45) is 1.79. The van der Waals surface area contributed by atoms with E-state index in [4.69, 9.17) is 19.6 Å². The SMILES string of the molecule is N#CN(C(=O)NOc1ccc2c(c1)OCO2)c1ccccc1. The smallest absolute Gasteiger partial charge is 0.368 e. The Labute approximate surface area is 126 Å². The van der Waals surface area contributed by atoms with Crippen LogP contribution in [0.3, 0.4) is 0 Å². The topological polar surface area (TPSA) is 83.8 Å². The van der Waals surface area contributed by atoms with Gasteiger partial charge in [0.05, 0.1) is 5.69 Å². The highest BCUT2D eigenvalue weighted by atomic mass is 16.7. The van der Waals surface area contributed by atoms with Gasteiger partial charge in [0.25, 0.3) is 0 Å². The van der Waals surface area contributed by atoms with E-state index in [2.05, 4.69) is 5.48 Å². The molecule has 0 bridgehead atoms. The van der Waals surface area contributed by atoms with Crippen molar-refractivity contribution >= 4 is 11.7 Å². The van der Waals surface area contributed by atoms with E-state index in [-0.39, 0.29) is 6.79 Å². The van der Waals surface area contributed by atoms with Crippen LogP contribution in [0.25, 0.3) is 0 Å². The van der Waals surface area contributed by atoms with E-state index in [0.29, 0.717) is 22.9 Å². The molecule has 3 rings (SSSR count). The molecule has 7 nitrogen and oxygen atoms in total. The van der Waals surface area contributed by atoms with Crippen LogP contribution in [0.1, 0.15) is 0 Å². The largest absolute Gasteiger partial charge is 0.454 e. The number of carbonyl (C=O) groups excluding carboxylic acids is 1. The lowest BCUT2D eigenvalue weighted by Gasteiger charge is -2.14. The Morgan fingerprint density at radius 1 is 1.18 bits per heavy atom. The quantitative estimate of drug-likeness (QED) is 0.534. The molecule has 0 radical (unpaired) electrons. The number of nitriles is 1. The van der Waals surface area contributed by atoms with Gasteiger partial charge in [0, 0.05) is 6.07 Å². The first-order valence-electron chi connectivity index (χ1n) is 6.39. The summed E-state index contributed by atoms with van der Waals surface area (Å²) in [5, 5.41) is 9.10. The summed E-state index contributed by atoms with van der Waals surface area (Å²) in [6.45, 7) is 0.154. The van der Waals surface area contributed by atoms with Crippen molar-refractivity contribution in [2.24, 2.45) is 0 Å². The average molecular weight is 297 g/mol. The third kappa shape index (κ3) is 2.71. The Balaban J connectivity index is 1.66. The molecule has 0 atom stereocenters. The minimum absolute atomic E-state index is 0.154. The number of nitrogens with one attached hydrogen (secondary N) is 1. The summed E-state index contributed by atoms with van der Waals surface area (Å²) in [5.41, 5.74) is 2.65. The van der Waals surface area contributed by atoms with Gasteiger partial charge in [-0.05, 0) is 24.3 Å². The molecule has 2 aromatic carbocycles. The van der Waals surface area contributed by atoms with Crippen LogP contribution in [0.5, 0.6) is 17.2 Å². The minimum Gasteiger partial charge on any atom is -0.454 e. The van der Waals surface area contributed by atoms with Gasteiger partial charge >= 0.3 is 6.03 Å². The third-order valence-electron chi connectivity index (χ3n) is 2.92. The highest BCUT2D eigenvalue weighted by Crippen LogP contribution is 2.34. The van der Waals surface area contributed by atoms with Crippen LogP contribution < -0.4 is 24.7 Å². The number of carbonyl (C=O) groups is 1. The first-order valence-corrected chi connectivity index (χ1v) is 6.39. The molecule has 1 aliphatic heterocycles. The molecule has 1 N–H and O–H groups in total. The fraction of sp³-hybridized carbons (Fsp3) is 0.0667. The maximum atomic E-state index is 12.0. The number of hydrogen-bond acceptors (Lipinski definition) is 5. The number of ether oxygens (including phenoxy) is 2. The van der Waals surface area contributed by atoms with Crippen molar-refractivity contribution in [3.63, 3.8) is 0 Å². The van der Waals surface area contributed by atoms with Crippen molar-refractivity contribution < 1.29 is 19.1 Å². The average Bonchev–Trinajstić information content (AvgIpc) is 3.02. The standard InChI is InChI=1S/C15H11N3O4/c16-9-18(11-4-2-1-3-5-11)15(19)17-22-12-6-7-13-14(8-12)21-10-20-13/h1-8H,10H2,(H,17,19). The molecule has 0 aromatic heterocycles. The second-order valence-electron chi connectivity index (χ2n) is 4.30. The van der Waals surface area contributed by atoms with Gasteiger partial charge in [0.2, 0.25) is 6.79 Å². The Kier molecular flexibility index (Phi) is 3.66. The van der Waals surface area contributed by atoms with Crippen molar-refractivity contribution in [1.29, 1.82) is 5.26 Å². The molecule has 22 heavy (non-hydrogen) atoms. The molecule has 110 valence electrons. The molecule has 2 amide bonds. The van der Waals surface area contributed by atoms with Gasteiger partial charge in [-0.2, -0.15) is 15.6 Å². The number of rotatable bonds is 3. The van der Waals surface area contributed by atoms with E-state index >= 15 is 0 Å².